The molecular weight excluding hydrogens is 294 g/mol. The van der Waals surface area contributed by atoms with Crippen molar-refractivity contribution in [3.05, 3.63) is 96.1 Å². The summed E-state index contributed by atoms with van der Waals surface area (Å²) in [7, 11) is 0. The van der Waals surface area contributed by atoms with E-state index in [1.165, 1.54) is 11.1 Å². The predicted molar refractivity (Wildman–Crippen MR) is 100 cm³/mol. The average molecular weight is 313 g/mol. The lowest BCUT2D eigenvalue weighted by Crippen LogP contribution is -2.18. The largest absolute Gasteiger partial charge is 0.399 e. The van der Waals surface area contributed by atoms with Crippen LogP contribution >= 0.6 is 0 Å². The van der Waals surface area contributed by atoms with Crippen molar-refractivity contribution in [2.75, 3.05) is 10.7 Å². The maximum Gasteiger partial charge on any atom is 0.0831 e. The van der Waals surface area contributed by atoms with Gasteiger partial charge in [0, 0.05) is 12.1 Å². The lowest BCUT2D eigenvalue weighted by atomic mass is 9.98. The first-order chi connectivity index (χ1) is 11.8. The third-order valence-electron chi connectivity index (χ3n) is 4.36. The highest BCUT2D eigenvalue weighted by atomic mass is 15.5. The van der Waals surface area contributed by atoms with Crippen LogP contribution in [-0.2, 0) is 0 Å². The van der Waals surface area contributed by atoms with Gasteiger partial charge in [0.25, 0.3) is 0 Å². The van der Waals surface area contributed by atoms with Gasteiger partial charge in [-0.05, 0) is 35.4 Å². The van der Waals surface area contributed by atoms with E-state index in [0.29, 0.717) is 0 Å². The number of nitrogen functional groups attached to an aromatic ring is 1. The molecular formula is C21H19N3. The minimum Gasteiger partial charge on any atom is -0.399 e. The molecule has 3 aromatic rings. The van der Waals surface area contributed by atoms with Crippen LogP contribution in [0.25, 0.3) is 0 Å². The lowest BCUT2D eigenvalue weighted by molar-refractivity contribution is 0.709. The molecule has 1 aliphatic heterocycles. The van der Waals surface area contributed by atoms with Crippen molar-refractivity contribution in [2.24, 2.45) is 5.10 Å². The summed E-state index contributed by atoms with van der Waals surface area (Å²) in [5.74, 6) is 0. The fraction of sp³-hybridized carbons (Fsp3) is 0.0952. The molecule has 0 spiro atoms. The molecule has 0 radical (unpaired) electrons. The van der Waals surface area contributed by atoms with Crippen LogP contribution < -0.4 is 10.7 Å². The van der Waals surface area contributed by atoms with E-state index in [9.17, 15) is 0 Å². The van der Waals surface area contributed by atoms with Crippen molar-refractivity contribution in [1.29, 1.82) is 0 Å². The van der Waals surface area contributed by atoms with Gasteiger partial charge in [0.2, 0.25) is 0 Å². The third kappa shape index (κ3) is 2.76. The summed E-state index contributed by atoms with van der Waals surface area (Å²) in [6.45, 7) is 0. The summed E-state index contributed by atoms with van der Waals surface area (Å²) in [6.07, 6.45) is 0.878. The summed E-state index contributed by atoms with van der Waals surface area (Å²) < 4.78 is 0. The van der Waals surface area contributed by atoms with E-state index in [0.717, 1.165) is 23.5 Å². The van der Waals surface area contributed by atoms with Crippen molar-refractivity contribution in [3.63, 3.8) is 0 Å². The summed E-state index contributed by atoms with van der Waals surface area (Å²) >= 11 is 0. The summed E-state index contributed by atoms with van der Waals surface area (Å²) in [4.78, 5) is 0. The first kappa shape index (κ1) is 14.5. The summed E-state index contributed by atoms with van der Waals surface area (Å²) in [6, 6.07) is 29.0. The van der Waals surface area contributed by atoms with Crippen LogP contribution in [0.5, 0.6) is 0 Å². The number of para-hydroxylation sites is 1. The maximum atomic E-state index is 5.85. The Balaban J connectivity index is 1.74. The molecule has 24 heavy (non-hydrogen) atoms. The first-order valence-electron chi connectivity index (χ1n) is 8.14. The Morgan fingerprint density at radius 3 is 2.08 bits per heavy atom. The number of rotatable bonds is 3. The number of hydrogen-bond acceptors (Lipinski definition) is 3. The molecule has 0 saturated heterocycles. The van der Waals surface area contributed by atoms with Crippen LogP contribution in [0.1, 0.15) is 23.6 Å². The molecule has 1 heterocycles. The molecule has 118 valence electrons. The van der Waals surface area contributed by atoms with Gasteiger partial charge in [-0.15, -0.1) is 0 Å². The Kier molecular flexibility index (Phi) is 3.75. The fourth-order valence-corrected chi connectivity index (χ4v) is 3.11. The fourth-order valence-electron chi connectivity index (χ4n) is 3.11. The molecule has 1 unspecified atom stereocenters. The predicted octanol–water partition coefficient (Wildman–Crippen LogP) is 4.62. The number of hydrazone groups is 1. The number of hydrogen-bond donors (Lipinski definition) is 1. The van der Waals surface area contributed by atoms with Crippen LogP contribution in [0, 0.1) is 0 Å². The highest BCUT2D eigenvalue weighted by molar-refractivity contribution is 6.03. The first-order valence-corrected chi connectivity index (χ1v) is 8.14. The van der Waals surface area contributed by atoms with Gasteiger partial charge in [-0.25, -0.2) is 0 Å². The third-order valence-corrected chi connectivity index (χ3v) is 4.36. The molecule has 2 N–H and O–H groups in total. The van der Waals surface area contributed by atoms with Gasteiger partial charge in [0.15, 0.2) is 0 Å². The molecule has 0 aliphatic carbocycles. The van der Waals surface area contributed by atoms with Gasteiger partial charge in [-0.3, -0.25) is 5.01 Å². The van der Waals surface area contributed by atoms with E-state index >= 15 is 0 Å². The van der Waals surface area contributed by atoms with Gasteiger partial charge in [-0.1, -0.05) is 60.7 Å². The Bertz CT molecular complexity index is 839. The molecule has 0 fully saturated rings. The highest BCUT2D eigenvalue weighted by Crippen LogP contribution is 2.36. The van der Waals surface area contributed by atoms with E-state index in [1.807, 2.05) is 36.4 Å². The Labute approximate surface area is 142 Å². The zero-order valence-electron chi connectivity index (χ0n) is 13.3. The molecule has 0 bridgehead atoms. The molecule has 4 rings (SSSR count). The second-order valence-corrected chi connectivity index (χ2v) is 5.98. The number of nitrogens with two attached hydrogens (primary N) is 1. The van der Waals surface area contributed by atoms with E-state index in [-0.39, 0.29) is 6.04 Å². The Morgan fingerprint density at radius 2 is 1.42 bits per heavy atom. The lowest BCUT2D eigenvalue weighted by Gasteiger charge is -2.24. The average Bonchev–Trinajstić information content (AvgIpc) is 3.09. The van der Waals surface area contributed by atoms with Crippen LogP contribution in [-0.4, -0.2) is 5.71 Å². The van der Waals surface area contributed by atoms with Gasteiger partial charge in [-0.2, -0.15) is 5.10 Å². The number of benzene rings is 3. The molecule has 3 nitrogen and oxygen atoms in total. The maximum absolute atomic E-state index is 5.85. The normalized spacial score (nSPS) is 16.9. The molecule has 0 saturated carbocycles. The van der Waals surface area contributed by atoms with Crippen molar-refractivity contribution in [1.82, 2.24) is 0 Å². The van der Waals surface area contributed by atoms with Crippen LogP contribution in [0.15, 0.2) is 90.0 Å². The topological polar surface area (TPSA) is 41.6 Å². The van der Waals surface area contributed by atoms with Gasteiger partial charge in [0.05, 0.1) is 17.4 Å². The molecule has 1 atom stereocenters. The molecule has 0 aromatic heterocycles. The molecule has 3 heteroatoms. The molecule has 3 aromatic carbocycles. The van der Waals surface area contributed by atoms with Gasteiger partial charge < -0.3 is 5.73 Å². The Hall–Kier alpha value is -3.07. The van der Waals surface area contributed by atoms with E-state index in [4.69, 9.17) is 10.8 Å². The second-order valence-electron chi connectivity index (χ2n) is 5.98. The number of anilines is 2. The monoisotopic (exact) mass is 313 g/mol. The van der Waals surface area contributed by atoms with Crippen LogP contribution in [0.4, 0.5) is 11.4 Å². The second kappa shape index (κ2) is 6.20. The molecule has 1 aliphatic rings. The smallest absolute Gasteiger partial charge is 0.0831 e. The van der Waals surface area contributed by atoms with Crippen LogP contribution in [0.2, 0.25) is 0 Å². The quantitative estimate of drug-likeness (QED) is 0.717. The van der Waals surface area contributed by atoms with Crippen molar-refractivity contribution < 1.29 is 0 Å². The SMILES string of the molecule is Nc1ccc(C2CC(c3ccccc3)=NN2c2ccccc2)cc1. The van der Waals surface area contributed by atoms with Crippen molar-refractivity contribution in [2.45, 2.75) is 12.5 Å². The minimum atomic E-state index is 0.184. The van der Waals surface area contributed by atoms with Gasteiger partial charge in [0.1, 0.15) is 0 Å². The standard InChI is InChI=1S/C21H19N3/c22-18-13-11-17(12-14-18)21-15-20(16-7-3-1-4-8-16)23-24(21)19-9-5-2-6-10-19/h1-14,21H,15,22H2. The number of nitrogens with zero attached hydrogens (tertiary/aromatic N) is 2. The van der Waals surface area contributed by atoms with Crippen LogP contribution in [0.3, 0.4) is 0 Å². The molecule has 0 amide bonds. The van der Waals surface area contributed by atoms with Gasteiger partial charge >= 0.3 is 0 Å². The summed E-state index contributed by atoms with van der Waals surface area (Å²) in [5, 5.41) is 7.05. The van der Waals surface area contributed by atoms with Crippen molar-refractivity contribution in [3.8, 4) is 0 Å². The van der Waals surface area contributed by atoms with E-state index < -0.39 is 0 Å². The van der Waals surface area contributed by atoms with Crippen molar-refractivity contribution >= 4 is 17.1 Å². The highest BCUT2D eigenvalue weighted by Gasteiger charge is 2.29. The minimum absolute atomic E-state index is 0.184. The zero-order chi connectivity index (χ0) is 16.4. The Morgan fingerprint density at radius 1 is 0.792 bits per heavy atom. The van der Waals surface area contributed by atoms with E-state index in [2.05, 4.69) is 53.5 Å². The summed E-state index contributed by atoms with van der Waals surface area (Å²) in [5.41, 5.74) is 11.2. The van der Waals surface area contributed by atoms with E-state index in [1.54, 1.807) is 0 Å². The zero-order valence-corrected chi connectivity index (χ0v) is 13.3.